The molecule has 9 heteroatoms. The van der Waals surface area contributed by atoms with Crippen LogP contribution in [-0.4, -0.2) is 39.2 Å². The maximum absolute atomic E-state index is 11.6. The molecule has 1 heterocycles. The van der Waals surface area contributed by atoms with Gasteiger partial charge in [0.15, 0.2) is 0 Å². The molecule has 2 aromatic carbocycles. The van der Waals surface area contributed by atoms with Gasteiger partial charge in [0.1, 0.15) is 11.6 Å². The average molecular weight is 414 g/mol. The molecule has 3 rings (SSSR count). The molecule has 3 N–H and O–H groups in total. The maximum atomic E-state index is 11.6. The van der Waals surface area contributed by atoms with Crippen LogP contribution in [0.2, 0.25) is 0 Å². The van der Waals surface area contributed by atoms with Gasteiger partial charge in [-0.3, -0.25) is 0 Å². The summed E-state index contributed by atoms with van der Waals surface area (Å²) in [5, 5.41) is 8.47. The van der Waals surface area contributed by atoms with Crippen LogP contribution in [0.15, 0.2) is 59.5 Å². The second-order valence-corrected chi connectivity index (χ2v) is 7.78. The van der Waals surface area contributed by atoms with E-state index in [-0.39, 0.29) is 10.9 Å². The first-order chi connectivity index (χ1) is 13.9. The summed E-state index contributed by atoms with van der Waals surface area (Å²) >= 11 is 0. The lowest BCUT2D eigenvalue weighted by molar-refractivity contribution is 0.381. The van der Waals surface area contributed by atoms with E-state index in [4.69, 9.17) is 14.6 Å². The Morgan fingerprint density at radius 2 is 1.76 bits per heavy atom. The zero-order valence-corrected chi connectivity index (χ0v) is 16.9. The molecule has 0 atom stereocenters. The summed E-state index contributed by atoms with van der Waals surface area (Å²) in [6.07, 6.45) is 0.784. The van der Waals surface area contributed by atoms with Crippen LogP contribution in [0.3, 0.4) is 0 Å². The van der Waals surface area contributed by atoms with Gasteiger partial charge in [-0.25, -0.2) is 13.6 Å². The van der Waals surface area contributed by atoms with Crippen molar-refractivity contribution in [1.82, 2.24) is 9.97 Å². The number of hydrogen-bond acceptors (Lipinski definition) is 7. The molecular weight excluding hydrogens is 392 g/mol. The number of nitrogens with two attached hydrogens (primary N) is 1. The number of nitrogens with one attached hydrogen (secondary N) is 1. The summed E-state index contributed by atoms with van der Waals surface area (Å²) in [7, 11) is -0.701. The minimum atomic E-state index is -3.81. The number of sulfonamides is 1. The lowest BCUT2D eigenvalue weighted by atomic mass is 10.1. The summed E-state index contributed by atoms with van der Waals surface area (Å²) in [4.78, 5) is 8.62. The third-order valence-electron chi connectivity index (χ3n) is 4.23. The number of primary sulfonamides is 1. The van der Waals surface area contributed by atoms with Gasteiger partial charge in [-0.1, -0.05) is 24.3 Å². The molecule has 0 bridgehead atoms. The van der Waals surface area contributed by atoms with Crippen molar-refractivity contribution in [1.29, 1.82) is 0 Å². The zero-order valence-electron chi connectivity index (χ0n) is 16.1. The van der Waals surface area contributed by atoms with Crippen LogP contribution >= 0.6 is 0 Å². The lowest BCUT2D eigenvalue weighted by Crippen LogP contribution is -2.12. The largest absolute Gasteiger partial charge is 0.497 e. The maximum Gasteiger partial charge on any atom is 0.318 e. The minimum Gasteiger partial charge on any atom is -0.497 e. The van der Waals surface area contributed by atoms with Gasteiger partial charge in [0.25, 0.3) is 0 Å². The Kier molecular flexibility index (Phi) is 6.30. The monoisotopic (exact) mass is 414 g/mol. The second-order valence-electron chi connectivity index (χ2n) is 6.22. The number of hydrogen-bond donors (Lipinski definition) is 2. The minimum absolute atomic E-state index is 0.0154. The van der Waals surface area contributed by atoms with Crippen LogP contribution in [-0.2, 0) is 16.4 Å². The summed E-state index contributed by atoms with van der Waals surface area (Å²) in [6, 6.07) is 16.0. The number of nitrogens with zero attached hydrogens (tertiary/aromatic N) is 2. The number of aromatic nitrogens is 2. The molecular formula is C20H22N4O4S. The van der Waals surface area contributed by atoms with E-state index in [1.165, 1.54) is 19.2 Å². The van der Waals surface area contributed by atoms with E-state index in [1.54, 1.807) is 25.3 Å². The zero-order chi connectivity index (χ0) is 20.9. The van der Waals surface area contributed by atoms with Crippen LogP contribution in [0, 0.1) is 0 Å². The Morgan fingerprint density at radius 3 is 2.41 bits per heavy atom. The highest BCUT2D eigenvalue weighted by molar-refractivity contribution is 7.89. The Balaban J connectivity index is 1.78. The molecule has 1 aromatic heterocycles. The Labute approximate surface area is 169 Å². The van der Waals surface area contributed by atoms with Crippen molar-refractivity contribution in [3.8, 4) is 23.0 Å². The number of rotatable bonds is 8. The van der Waals surface area contributed by atoms with Crippen LogP contribution < -0.4 is 19.9 Å². The van der Waals surface area contributed by atoms with Crippen molar-refractivity contribution in [3.05, 3.63) is 60.2 Å². The Bertz CT molecular complexity index is 1090. The highest BCUT2D eigenvalue weighted by Gasteiger charge is 2.12. The molecule has 3 aromatic rings. The first kappa shape index (κ1) is 20.6. The standard InChI is InChI=1S/C20H22N4O4S/c1-27-16-8-6-14(7-9-16)10-11-22-19-13-18(23-20(24-19)28-2)15-4-3-5-17(12-15)29(21,25)26/h3-9,12-13H,10-11H2,1-2H3,(H2,21,25,26)(H,22,23,24). The molecule has 0 aliphatic rings. The van der Waals surface area contributed by atoms with Crippen molar-refractivity contribution in [2.24, 2.45) is 5.14 Å². The van der Waals surface area contributed by atoms with Crippen molar-refractivity contribution in [2.45, 2.75) is 11.3 Å². The third kappa shape index (κ3) is 5.43. The summed E-state index contributed by atoms with van der Waals surface area (Å²) in [5.41, 5.74) is 2.27. The van der Waals surface area contributed by atoms with Gasteiger partial charge < -0.3 is 14.8 Å². The fourth-order valence-corrected chi connectivity index (χ4v) is 3.27. The summed E-state index contributed by atoms with van der Waals surface area (Å²) < 4.78 is 33.6. The van der Waals surface area contributed by atoms with Crippen LogP contribution in [0.5, 0.6) is 11.8 Å². The molecule has 0 saturated carbocycles. The van der Waals surface area contributed by atoms with Gasteiger partial charge in [-0.2, -0.15) is 9.97 Å². The molecule has 0 fully saturated rings. The first-order valence-electron chi connectivity index (χ1n) is 8.82. The van der Waals surface area contributed by atoms with Gasteiger partial charge in [0, 0.05) is 18.2 Å². The normalized spacial score (nSPS) is 11.1. The Hall–Kier alpha value is -3.17. The van der Waals surface area contributed by atoms with Crippen LogP contribution in [0.1, 0.15) is 5.56 Å². The van der Waals surface area contributed by atoms with Crippen LogP contribution in [0.25, 0.3) is 11.3 Å². The fraction of sp³-hybridized carbons (Fsp3) is 0.200. The van der Waals surface area contributed by atoms with Crippen molar-refractivity contribution < 1.29 is 17.9 Å². The average Bonchev–Trinajstić information content (AvgIpc) is 2.73. The summed E-state index contributed by atoms with van der Waals surface area (Å²) in [5.74, 6) is 1.38. The molecule has 0 aliphatic heterocycles. The van der Waals surface area contributed by atoms with Crippen molar-refractivity contribution in [2.75, 3.05) is 26.1 Å². The highest BCUT2D eigenvalue weighted by atomic mass is 32.2. The van der Waals surface area contributed by atoms with E-state index in [2.05, 4.69) is 15.3 Å². The molecule has 0 unspecified atom stereocenters. The number of ether oxygens (including phenoxy) is 2. The SMILES string of the molecule is COc1ccc(CCNc2cc(-c3cccc(S(N)(=O)=O)c3)nc(OC)n2)cc1. The molecule has 0 aliphatic carbocycles. The van der Waals surface area contributed by atoms with Gasteiger partial charge in [0.05, 0.1) is 24.8 Å². The van der Waals surface area contributed by atoms with E-state index < -0.39 is 10.0 Å². The van der Waals surface area contributed by atoms with E-state index in [1.807, 2.05) is 24.3 Å². The van der Waals surface area contributed by atoms with E-state index in [0.717, 1.165) is 17.7 Å². The fourth-order valence-electron chi connectivity index (χ4n) is 2.71. The number of methoxy groups -OCH3 is 2. The van der Waals surface area contributed by atoms with Gasteiger partial charge >= 0.3 is 6.01 Å². The van der Waals surface area contributed by atoms with Crippen LogP contribution in [0.4, 0.5) is 5.82 Å². The first-order valence-corrected chi connectivity index (χ1v) is 10.4. The van der Waals surface area contributed by atoms with E-state index in [9.17, 15) is 8.42 Å². The molecule has 152 valence electrons. The van der Waals surface area contributed by atoms with Crippen molar-refractivity contribution in [3.63, 3.8) is 0 Å². The van der Waals surface area contributed by atoms with Gasteiger partial charge in [-0.15, -0.1) is 0 Å². The molecule has 0 saturated heterocycles. The molecule has 0 amide bonds. The van der Waals surface area contributed by atoms with Crippen molar-refractivity contribution >= 4 is 15.8 Å². The quantitative estimate of drug-likeness (QED) is 0.581. The molecule has 0 radical (unpaired) electrons. The smallest absolute Gasteiger partial charge is 0.318 e. The third-order valence-corrected chi connectivity index (χ3v) is 5.14. The highest BCUT2D eigenvalue weighted by Crippen LogP contribution is 2.24. The van der Waals surface area contributed by atoms with E-state index in [0.29, 0.717) is 23.6 Å². The number of benzene rings is 2. The summed E-state index contributed by atoms with van der Waals surface area (Å²) in [6.45, 7) is 0.642. The lowest BCUT2D eigenvalue weighted by Gasteiger charge is -2.10. The van der Waals surface area contributed by atoms with E-state index >= 15 is 0 Å². The molecule has 8 nitrogen and oxygen atoms in total. The Morgan fingerprint density at radius 1 is 1.00 bits per heavy atom. The predicted molar refractivity (Wildman–Crippen MR) is 111 cm³/mol. The van der Waals surface area contributed by atoms with Gasteiger partial charge in [-0.05, 0) is 36.2 Å². The topological polar surface area (TPSA) is 116 Å². The molecule has 0 spiro atoms. The second kappa shape index (κ2) is 8.89. The van der Waals surface area contributed by atoms with Gasteiger partial charge in [0.2, 0.25) is 10.0 Å². The predicted octanol–water partition coefficient (Wildman–Crippen LogP) is 2.46. The number of anilines is 1. The molecule has 29 heavy (non-hydrogen) atoms.